The lowest BCUT2D eigenvalue weighted by Gasteiger charge is -2.22. The maximum absolute atomic E-state index is 14.5. The molecule has 0 N–H and O–H groups in total. The molecule has 304 valence electrons. The number of phosphoric ester groups is 1. The molecule has 1 atom stereocenters. The summed E-state index contributed by atoms with van der Waals surface area (Å²) in [6.07, 6.45) is 0. The van der Waals surface area contributed by atoms with Crippen molar-refractivity contribution in [3.05, 3.63) is 102 Å². The Bertz CT molecular complexity index is 2150. The van der Waals surface area contributed by atoms with Crippen LogP contribution in [0.2, 0.25) is 0 Å². The van der Waals surface area contributed by atoms with Gasteiger partial charge in [0.25, 0.3) is 0 Å². The van der Waals surface area contributed by atoms with Gasteiger partial charge in [0.1, 0.15) is 57.6 Å². The van der Waals surface area contributed by atoms with E-state index in [4.69, 9.17) is 37.7 Å². The highest BCUT2D eigenvalue weighted by atomic mass is 31.2. The second kappa shape index (κ2) is 16.3. The fraction of sp³-hybridized carbons (Fsp3) is 0.432. The number of benzene rings is 3. The van der Waals surface area contributed by atoms with E-state index in [-0.39, 0.29) is 45.4 Å². The Balaban J connectivity index is 1.39. The number of nitrogens with zero attached hydrogens (tertiary/aromatic N) is 5. The van der Waals surface area contributed by atoms with E-state index in [9.17, 15) is 4.57 Å². The summed E-state index contributed by atoms with van der Waals surface area (Å²) in [7, 11) is -4.37. The van der Waals surface area contributed by atoms with Gasteiger partial charge in [-0.3, -0.25) is 0 Å². The standard InChI is InChI=1S/C44H56N5O7P/c1-28(2)35-27-36(46-37(45-35)41(3,4)5)51-29-15-21-32(22-16-29)54-57(50,56-34-25-19-31(20-26-34)53-44(12,13)14)55-33-23-17-30(18-24-33)52-40-48-38(42(6,7)8)47-39(49-40)43(9,10)11/h15-28H,1-14H3. The van der Waals surface area contributed by atoms with Crippen LogP contribution in [0.1, 0.15) is 126 Å². The molecule has 57 heavy (non-hydrogen) atoms. The van der Waals surface area contributed by atoms with Crippen molar-refractivity contribution in [1.82, 2.24) is 24.9 Å². The molecule has 0 saturated heterocycles. The topological polar surface area (TPSA) is 137 Å². The molecule has 0 aliphatic carbocycles. The number of ether oxygens (including phenoxy) is 3. The third-order valence-electron chi connectivity index (χ3n) is 7.92. The minimum absolute atomic E-state index is 0.173. The van der Waals surface area contributed by atoms with E-state index in [2.05, 4.69) is 49.6 Å². The van der Waals surface area contributed by atoms with E-state index < -0.39 is 13.4 Å². The molecule has 0 amide bonds. The van der Waals surface area contributed by atoms with Gasteiger partial charge in [0.15, 0.2) is 0 Å². The van der Waals surface area contributed by atoms with Crippen molar-refractivity contribution in [2.45, 2.75) is 125 Å². The van der Waals surface area contributed by atoms with E-state index in [1.807, 2.05) is 68.4 Å². The minimum atomic E-state index is -4.37. The lowest BCUT2D eigenvalue weighted by molar-refractivity contribution is 0.131. The van der Waals surface area contributed by atoms with Gasteiger partial charge in [-0.2, -0.15) is 19.5 Å². The fourth-order valence-electron chi connectivity index (χ4n) is 4.93. The van der Waals surface area contributed by atoms with E-state index >= 15 is 0 Å². The van der Waals surface area contributed by atoms with Crippen LogP contribution in [0.3, 0.4) is 0 Å². The Morgan fingerprint density at radius 2 is 0.842 bits per heavy atom. The Labute approximate surface area is 337 Å². The second-order valence-electron chi connectivity index (χ2n) is 18.2. The Hall–Kier alpha value is -5.22. The molecule has 0 saturated carbocycles. The predicted octanol–water partition coefficient (Wildman–Crippen LogP) is 12.1. The molecule has 0 radical (unpaired) electrons. The molecule has 0 bridgehead atoms. The lowest BCUT2D eigenvalue weighted by atomic mass is 9.93. The van der Waals surface area contributed by atoms with Gasteiger partial charge in [-0.05, 0) is 99.5 Å². The van der Waals surface area contributed by atoms with E-state index in [0.29, 0.717) is 40.6 Å². The summed E-state index contributed by atoms with van der Waals surface area (Å²) in [6, 6.07) is 21.9. The van der Waals surface area contributed by atoms with Gasteiger partial charge in [-0.15, -0.1) is 0 Å². The average molecular weight is 798 g/mol. The van der Waals surface area contributed by atoms with Crippen LogP contribution < -0.4 is 27.8 Å². The van der Waals surface area contributed by atoms with Crippen LogP contribution >= 0.6 is 7.82 Å². The molecule has 0 aliphatic rings. The monoisotopic (exact) mass is 797 g/mol. The van der Waals surface area contributed by atoms with Crippen molar-refractivity contribution >= 4 is 7.82 Å². The predicted molar refractivity (Wildman–Crippen MR) is 221 cm³/mol. The molecular weight excluding hydrogens is 741 g/mol. The SMILES string of the molecule is CC(C)c1cc(Oc2ccc(OP(=O)(Oc3ccc(Oc4nc(C(C)(C)C)nc(C(C)(C)C)n4)cc3)Oc3ccc(OC(C)(C)C)cc3)cc2)nc(C(C)(C)C)n1. The van der Waals surface area contributed by atoms with Crippen molar-refractivity contribution in [3.8, 4) is 46.4 Å². The molecule has 2 heterocycles. The van der Waals surface area contributed by atoms with Crippen molar-refractivity contribution in [2.24, 2.45) is 0 Å². The normalized spacial score (nSPS) is 13.5. The Morgan fingerprint density at radius 1 is 0.474 bits per heavy atom. The third kappa shape index (κ3) is 12.4. The first-order chi connectivity index (χ1) is 26.3. The molecule has 5 aromatic rings. The zero-order valence-corrected chi connectivity index (χ0v) is 36.5. The van der Waals surface area contributed by atoms with Gasteiger partial charge in [-0.1, -0.05) is 76.2 Å². The highest BCUT2D eigenvalue weighted by Crippen LogP contribution is 2.50. The minimum Gasteiger partial charge on any atom is -0.488 e. The van der Waals surface area contributed by atoms with Gasteiger partial charge >= 0.3 is 13.8 Å². The molecule has 1 unspecified atom stereocenters. The first-order valence-electron chi connectivity index (χ1n) is 19.0. The zero-order chi connectivity index (χ0) is 42.0. The number of hydrogen-bond acceptors (Lipinski definition) is 12. The van der Waals surface area contributed by atoms with Crippen LogP contribution in [-0.4, -0.2) is 30.5 Å². The van der Waals surface area contributed by atoms with E-state index in [1.54, 1.807) is 72.8 Å². The number of hydrogen-bond donors (Lipinski definition) is 0. The van der Waals surface area contributed by atoms with Crippen molar-refractivity contribution < 1.29 is 32.3 Å². The molecule has 3 aromatic carbocycles. The van der Waals surface area contributed by atoms with Gasteiger partial charge < -0.3 is 27.8 Å². The quantitative estimate of drug-likeness (QED) is 0.111. The molecule has 12 nitrogen and oxygen atoms in total. The molecular formula is C44H56N5O7P. The molecule has 13 heteroatoms. The zero-order valence-electron chi connectivity index (χ0n) is 35.6. The van der Waals surface area contributed by atoms with E-state index in [1.165, 1.54) is 0 Å². The molecule has 2 aromatic heterocycles. The largest absolute Gasteiger partial charge is 0.647 e. The van der Waals surface area contributed by atoms with Gasteiger partial charge in [0.2, 0.25) is 5.88 Å². The first kappa shape index (κ1) is 42.9. The third-order valence-corrected chi connectivity index (χ3v) is 9.22. The molecule has 5 rings (SSSR count). The molecule has 0 spiro atoms. The van der Waals surface area contributed by atoms with Crippen LogP contribution in [-0.2, 0) is 20.8 Å². The Kier molecular flexibility index (Phi) is 12.3. The smallest absolute Gasteiger partial charge is 0.488 e. The summed E-state index contributed by atoms with van der Waals surface area (Å²) in [5.74, 6) is 4.78. The molecule has 0 aliphatic heterocycles. The number of phosphoric acid groups is 1. The second-order valence-corrected chi connectivity index (χ2v) is 19.6. The summed E-state index contributed by atoms with van der Waals surface area (Å²) in [6.45, 7) is 28.4. The maximum Gasteiger partial charge on any atom is 0.647 e. The summed E-state index contributed by atoms with van der Waals surface area (Å²) in [5.41, 5.74) is -0.430. The van der Waals surface area contributed by atoms with Crippen LogP contribution in [0.4, 0.5) is 0 Å². The highest BCUT2D eigenvalue weighted by molar-refractivity contribution is 7.49. The fourth-order valence-corrected chi connectivity index (χ4v) is 6.18. The van der Waals surface area contributed by atoms with Gasteiger partial charge in [-0.25, -0.2) is 9.97 Å². The number of aromatic nitrogens is 5. The lowest BCUT2D eigenvalue weighted by Crippen LogP contribution is -2.23. The van der Waals surface area contributed by atoms with Crippen molar-refractivity contribution in [1.29, 1.82) is 0 Å². The summed E-state index contributed by atoms with van der Waals surface area (Å²) >= 11 is 0. The first-order valence-corrected chi connectivity index (χ1v) is 20.5. The van der Waals surface area contributed by atoms with Crippen molar-refractivity contribution in [3.63, 3.8) is 0 Å². The number of rotatable bonds is 12. The van der Waals surface area contributed by atoms with Crippen LogP contribution in [0.15, 0.2) is 78.9 Å². The molecule has 0 fully saturated rings. The average Bonchev–Trinajstić information content (AvgIpc) is 3.09. The van der Waals surface area contributed by atoms with Crippen LogP contribution in [0, 0.1) is 0 Å². The summed E-state index contributed by atoms with van der Waals surface area (Å²) in [4.78, 5) is 23.3. The van der Waals surface area contributed by atoms with E-state index in [0.717, 1.165) is 5.69 Å². The van der Waals surface area contributed by atoms with Gasteiger partial charge in [0, 0.05) is 22.3 Å². The summed E-state index contributed by atoms with van der Waals surface area (Å²) in [5, 5.41) is 0. The van der Waals surface area contributed by atoms with Crippen LogP contribution in [0.5, 0.6) is 46.4 Å². The van der Waals surface area contributed by atoms with Crippen molar-refractivity contribution in [2.75, 3.05) is 0 Å². The maximum atomic E-state index is 14.5. The van der Waals surface area contributed by atoms with Crippen LogP contribution in [0.25, 0.3) is 0 Å². The Morgan fingerprint density at radius 3 is 1.23 bits per heavy atom. The highest BCUT2D eigenvalue weighted by Gasteiger charge is 2.34. The van der Waals surface area contributed by atoms with Gasteiger partial charge in [0.05, 0.1) is 5.69 Å². The summed E-state index contributed by atoms with van der Waals surface area (Å²) < 4.78 is 50.6.